The Morgan fingerprint density at radius 1 is 0.941 bits per heavy atom. The van der Waals surface area contributed by atoms with Gasteiger partial charge in [-0.15, -0.1) is 0 Å². The van der Waals surface area contributed by atoms with E-state index in [0.29, 0.717) is 17.1 Å². The van der Waals surface area contributed by atoms with E-state index < -0.39 is 0 Å². The quantitative estimate of drug-likeness (QED) is 0.403. The lowest BCUT2D eigenvalue weighted by molar-refractivity contribution is 1.44. The molecule has 2 aromatic carbocycles. The lowest BCUT2D eigenvalue weighted by Crippen LogP contribution is -2.01. The summed E-state index contributed by atoms with van der Waals surface area (Å²) in [5, 5.41) is 2.95. The van der Waals surface area contributed by atoms with E-state index >= 15 is 0 Å². The van der Waals surface area contributed by atoms with Gasteiger partial charge in [0.2, 0.25) is 0 Å². The van der Waals surface area contributed by atoms with Crippen LogP contribution in [0.4, 0.5) is 17.1 Å². The van der Waals surface area contributed by atoms with Crippen LogP contribution in [0, 0.1) is 0 Å². The molecule has 3 aromatic rings. The molecule has 0 saturated carbocycles. The van der Waals surface area contributed by atoms with Gasteiger partial charge in [0.25, 0.3) is 0 Å². The second kappa shape index (κ2) is 3.25. The van der Waals surface area contributed by atoms with Crippen molar-refractivity contribution in [2.24, 2.45) is 0 Å². The average molecular weight is 224 g/mol. The number of nitrogens with zero attached hydrogens (tertiary/aromatic N) is 1. The van der Waals surface area contributed by atoms with Crippen molar-refractivity contribution in [2.75, 3.05) is 17.2 Å². The van der Waals surface area contributed by atoms with Gasteiger partial charge in [0.1, 0.15) is 0 Å². The Hall–Kier alpha value is -2.49. The first-order chi connectivity index (χ1) is 8.18. The minimum absolute atomic E-state index is 0.427. The standard InChI is InChI=1S/C13H12N4/c14-9-5-10-11(13(16)12(9)15)8-4-2-1-3-7(8)6-17-10/h1-6H,14-16H2. The lowest BCUT2D eigenvalue weighted by Gasteiger charge is -2.10. The second-order valence-corrected chi connectivity index (χ2v) is 4.03. The topological polar surface area (TPSA) is 90.9 Å². The average Bonchev–Trinajstić information content (AvgIpc) is 2.35. The minimum atomic E-state index is 0.427. The fraction of sp³-hybridized carbons (Fsp3) is 0. The van der Waals surface area contributed by atoms with Crippen molar-refractivity contribution in [3.63, 3.8) is 0 Å². The van der Waals surface area contributed by atoms with Gasteiger partial charge >= 0.3 is 0 Å². The predicted octanol–water partition coefficient (Wildman–Crippen LogP) is 2.13. The SMILES string of the molecule is Nc1cc2ncc3ccccc3c2c(N)c1N. The zero-order valence-corrected chi connectivity index (χ0v) is 9.14. The molecule has 1 heterocycles. The monoisotopic (exact) mass is 224 g/mol. The number of benzene rings is 2. The Bertz CT molecular complexity index is 734. The highest BCUT2D eigenvalue weighted by atomic mass is 14.8. The number of rotatable bonds is 0. The molecule has 0 fully saturated rings. The number of fused-ring (bicyclic) bond motifs is 3. The van der Waals surface area contributed by atoms with Crippen molar-refractivity contribution in [3.05, 3.63) is 36.5 Å². The van der Waals surface area contributed by atoms with E-state index in [-0.39, 0.29) is 0 Å². The van der Waals surface area contributed by atoms with E-state index in [1.807, 2.05) is 30.5 Å². The largest absolute Gasteiger partial charge is 0.397 e. The van der Waals surface area contributed by atoms with E-state index in [4.69, 9.17) is 17.2 Å². The van der Waals surface area contributed by atoms with Crippen molar-refractivity contribution in [1.29, 1.82) is 0 Å². The first kappa shape index (κ1) is 9.72. The molecule has 4 nitrogen and oxygen atoms in total. The fourth-order valence-electron chi connectivity index (χ4n) is 2.09. The van der Waals surface area contributed by atoms with Gasteiger partial charge in [0.15, 0.2) is 0 Å². The molecule has 1 aromatic heterocycles. The zero-order chi connectivity index (χ0) is 12.0. The zero-order valence-electron chi connectivity index (χ0n) is 9.14. The molecule has 0 aliphatic heterocycles. The van der Waals surface area contributed by atoms with Crippen molar-refractivity contribution in [3.8, 4) is 0 Å². The third-order valence-electron chi connectivity index (χ3n) is 2.99. The summed E-state index contributed by atoms with van der Waals surface area (Å²) in [5.74, 6) is 0. The van der Waals surface area contributed by atoms with Gasteiger partial charge < -0.3 is 17.2 Å². The third-order valence-corrected chi connectivity index (χ3v) is 2.99. The van der Waals surface area contributed by atoms with Gasteiger partial charge in [-0.05, 0) is 11.5 Å². The lowest BCUT2D eigenvalue weighted by atomic mass is 10.0. The summed E-state index contributed by atoms with van der Waals surface area (Å²) in [6.07, 6.45) is 1.81. The van der Waals surface area contributed by atoms with Crippen LogP contribution in [0.15, 0.2) is 36.5 Å². The molecular weight excluding hydrogens is 212 g/mol. The number of aromatic nitrogens is 1. The molecule has 3 rings (SSSR count). The van der Waals surface area contributed by atoms with Crippen LogP contribution in [-0.2, 0) is 0 Å². The third kappa shape index (κ3) is 1.27. The molecule has 0 aliphatic carbocycles. The molecule has 6 N–H and O–H groups in total. The molecule has 17 heavy (non-hydrogen) atoms. The predicted molar refractivity (Wildman–Crippen MR) is 72.5 cm³/mol. The molecule has 0 unspecified atom stereocenters. The molecule has 0 bridgehead atoms. The number of anilines is 3. The Kier molecular flexibility index (Phi) is 1.86. The summed E-state index contributed by atoms with van der Waals surface area (Å²) in [6.45, 7) is 0. The molecule has 0 spiro atoms. The van der Waals surface area contributed by atoms with Gasteiger partial charge in [-0.2, -0.15) is 0 Å². The van der Waals surface area contributed by atoms with Gasteiger partial charge in [-0.3, -0.25) is 4.98 Å². The van der Waals surface area contributed by atoms with Crippen molar-refractivity contribution in [1.82, 2.24) is 4.98 Å². The molecule has 4 heteroatoms. The van der Waals surface area contributed by atoms with Crippen molar-refractivity contribution in [2.45, 2.75) is 0 Å². The van der Waals surface area contributed by atoms with Gasteiger partial charge in [-0.25, -0.2) is 0 Å². The van der Waals surface area contributed by atoms with E-state index in [0.717, 1.165) is 21.7 Å². The molecule has 84 valence electrons. The smallest absolute Gasteiger partial charge is 0.0789 e. The number of pyridine rings is 1. The summed E-state index contributed by atoms with van der Waals surface area (Å²) in [5.41, 5.74) is 19.9. The van der Waals surface area contributed by atoms with E-state index in [1.165, 1.54) is 0 Å². The minimum Gasteiger partial charge on any atom is -0.397 e. The maximum atomic E-state index is 6.04. The van der Waals surface area contributed by atoms with Gasteiger partial charge in [-0.1, -0.05) is 24.3 Å². The Balaban J connectivity index is 2.62. The molecular formula is C13H12N4. The maximum absolute atomic E-state index is 6.04. The molecule has 0 saturated heterocycles. The van der Waals surface area contributed by atoms with E-state index in [9.17, 15) is 0 Å². The summed E-state index contributed by atoms with van der Waals surface area (Å²) >= 11 is 0. The fourth-order valence-corrected chi connectivity index (χ4v) is 2.09. The Morgan fingerprint density at radius 3 is 2.53 bits per heavy atom. The van der Waals surface area contributed by atoms with Crippen molar-refractivity contribution < 1.29 is 0 Å². The summed E-state index contributed by atoms with van der Waals surface area (Å²) in [7, 11) is 0. The number of nitrogens with two attached hydrogens (primary N) is 3. The van der Waals surface area contributed by atoms with Gasteiger partial charge in [0.05, 0.1) is 22.6 Å². The number of hydrogen-bond donors (Lipinski definition) is 3. The van der Waals surface area contributed by atoms with Gasteiger partial charge in [0, 0.05) is 17.0 Å². The Labute approximate surface area is 98.0 Å². The maximum Gasteiger partial charge on any atom is 0.0789 e. The number of nitrogen functional groups attached to an aromatic ring is 3. The van der Waals surface area contributed by atoms with Crippen LogP contribution in [0.2, 0.25) is 0 Å². The summed E-state index contributed by atoms with van der Waals surface area (Å²) < 4.78 is 0. The summed E-state index contributed by atoms with van der Waals surface area (Å²) in [4.78, 5) is 4.36. The molecule has 0 aliphatic rings. The van der Waals surface area contributed by atoms with Crippen LogP contribution in [0.25, 0.3) is 21.7 Å². The molecule has 0 atom stereocenters. The highest BCUT2D eigenvalue weighted by molar-refractivity contribution is 6.15. The summed E-state index contributed by atoms with van der Waals surface area (Å²) in [6, 6.07) is 9.69. The highest BCUT2D eigenvalue weighted by Gasteiger charge is 2.10. The first-order valence-electron chi connectivity index (χ1n) is 5.29. The second-order valence-electron chi connectivity index (χ2n) is 4.03. The van der Waals surface area contributed by atoms with E-state index in [1.54, 1.807) is 6.07 Å². The van der Waals surface area contributed by atoms with E-state index in [2.05, 4.69) is 4.98 Å². The van der Waals surface area contributed by atoms with Crippen LogP contribution in [0.3, 0.4) is 0 Å². The first-order valence-corrected chi connectivity index (χ1v) is 5.29. The van der Waals surface area contributed by atoms with Crippen LogP contribution in [0.1, 0.15) is 0 Å². The number of hydrogen-bond acceptors (Lipinski definition) is 4. The highest BCUT2D eigenvalue weighted by Crippen LogP contribution is 2.35. The molecule has 0 radical (unpaired) electrons. The molecule has 0 amide bonds. The normalized spacial score (nSPS) is 11.1. The van der Waals surface area contributed by atoms with Crippen LogP contribution in [-0.4, -0.2) is 4.98 Å². The van der Waals surface area contributed by atoms with Crippen LogP contribution < -0.4 is 17.2 Å². The van der Waals surface area contributed by atoms with Crippen LogP contribution in [0.5, 0.6) is 0 Å². The van der Waals surface area contributed by atoms with Crippen molar-refractivity contribution >= 4 is 38.7 Å². The van der Waals surface area contributed by atoms with Crippen LogP contribution >= 0.6 is 0 Å². The Morgan fingerprint density at radius 2 is 1.71 bits per heavy atom.